The van der Waals surface area contributed by atoms with Crippen LogP contribution in [0.5, 0.6) is 0 Å². The van der Waals surface area contributed by atoms with Gasteiger partial charge in [-0.15, -0.1) is 11.8 Å². The first kappa shape index (κ1) is 18.4. The third-order valence-electron chi connectivity index (χ3n) is 4.56. The molecule has 1 aromatic rings. The Morgan fingerprint density at radius 2 is 1.77 bits per heavy atom. The van der Waals surface area contributed by atoms with Gasteiger partial charge in [0, 0.05) is 36.4 Å². The van der Waals surface area contributed by atoms with Crippen LogP contribution in [0.15, 0.2) is 29.2 Å². The number of carbonyl (C=O) groups is 4. The zero-order valence-electron chi connectivity index (χ0n) is 14.5. The molecule has 0 aliphatic carbocycles. The average Bonchev–Trinajstić information content (AvgIpc) is 3.18. The average molecular weight is 376 g/mol. The largest absolute Gasteiger partial charge is 0.464 e. The lowest BCUT2D eigenvalue weighted by molar-refractivity contribution is -0.151. The number of hydrogen-bond donors (Lipinski definition) is 0. The minimum Gasteiger partial charge on any atom is -0.464 e. The van der Waals surface area contributed by atoms with E-state index in [1.165, 1.54) is 0 Å². The van der Waals surface area contributed by atoms with E-state index in [1.807, 2.05) is 30.5 Å². The molecule has 2 heterocycles. The van der Waals surface area contributed by atoms with Crippen LogP contribution in [0, 0.1) is 5.92 Å². The summed E-state index contributed by atoms with van der Waals surface area (Å²) >= 11 is 1.62. The third kappa shape index (κ3) is 3.90. The molecule has 1 aromatic carbocycles. The molecule has 0 aromatic heterocycles. The van der Waals surface area contributed by atoms with Crippen LogP contribution in [0.2, 0.25) is 0 Å². The molecule has 0 spiro atoms. The van der Waals surface area contributed by atoms with Crippen molar-refractivity contribution < 1.29 is 23.9 Å². The molecule has 7 nitrogen and oxygen atoms in total. The summed E-state index contributed by atoms with van der Waals surface area (Å²) in [6.07, 6.45) is 2.51. The minimum atomic E-state index is -0.535. The standard InChI is InChI=1S/C18H20N2O5S/c1-26-14-4-2-13(3-5-14)20-11-12(10-17(20)23)18(24)25-9-8-19-15(21)6-7-16(19)22/h2-5,12H,6-11H2,1H3. The molecule has 8 heteroatoms. The Balaban J connectivity index is 1.51. The molecule has 3 amide bonds. The first-order valence-electron chi connectivity index (χ1n) is 8.44. The number of likely N-dealkylation sites (tertiary alicyclic amines) is 1. The number of anilines is 1. The van der Waals surface area contributed by atoms with Gasteiger partial charge >= 0.3 is 5.97 Å². The van der Waals surface area contributed by atoms with Gasteiger partial charge in [0.2, 0.25) is 17.7 Å². The molecule has 138 valence electrons. The van der Waals surface area contributed by atoms with Crippen molar-refractivity contribution in [2.24, 2.45) is 5.92 Å². The molecule has 1 unspecified atom stereocenters. The highest BCUT2D eigenvalue weighted by molar-refractivity contribution is 7.98. The second-order valence-corrected chi connectivity index (χ2v) is 7.09. The number of esters is 1. The zero-order chi connectivity index (χ0) is 18.7. The van der Waals surface area contributed by atoms with Crippen molar-refractivity contribution in [1.82, 2.24) is 4.90 Å². The Bertz CT molecular complexity index is 718. The highest BCUT2D eigenvalue weighted by atomic mass is 32.2. The number of carbonyl (C=O) groups excluding carboxylic acids is 4. The van der Waals surface area contributed by atoms with Crippen LogP contribution in [0.25, 0.3) is 0 Å². The van der Waals surface area contributed by atoms with E-state index >= 15 is 0 Å². The molecule has 26 heavy (non-hydrogen) atoms. The molecule has 3 rings (SSSR count). The van der Waals surface area contributed by atoms with Crippen molar-refractivity contribution in [1.29, 1.82) is 0 Å². The van der Waals surface area contributed by atoms with Crippen molar-refractivity contribution in [3.05, 3.63) is 24.3 Å². The Kier molecular flexibility index (Phi) is 5.61. The van der Waals surface area contributed by atoms with E-state index in [0.29, 0.717) is 0 Å². The zero-order valence-corrected chi connectivity index (χ0v) is 15.3. The van der Waals surface area contributed by atoms with Crippen molar-refractivity contribution in [2.45, 2.75) is 24.2 Å². The molecular weight excluding hydrogens is 356 g/mol. The summed E-state index contributed by atoms with van der Waals surface area (Å²) in [7, 11) is 0. The van der Waals surface area contributed by atoms with Crippen LogP contribution in [-0.4, -0.2) is 54.5 Å². The predicted octanol–water partition coefficient (Wildman–Crippen LogP) is 1.45. The Hall–Kier alpha value is -2.35. The van der Waals surface area contributed by atoms with E-state index in [-0.39, 0.29) is 56.7 Å². The van der Waals surface area contributed by atoms with Crippen molar-refractivity contribution in [3.63, 3.8) is 0 Å². The third-order valence-corrected chi connectivity index (χ3v) is 5.30. The second kappa shape index (κ2) is 7.90. The summed E-state index contributed by atoms with van der Waals surface area (Å²) in [5.74, 6) is -1.59. The first-order chi connectivity index (χ1) is 12.5. The first-order valence-corrected chi connectivity index (χ1v) is 9.66. The molecule has 1 atom stereocenters. The summed E-state index contributed by atoms with van der Waals surface area (Å²) in [5.41, 5.74) is 0.761. The van der Waals surface area contributed by atoms with E-state index in [9.17, 15) is 19.2 Å². The number of benzene rings is 1. The van der Waals surface area contributed by atoms with Crippen LogP contribution < -0.4 is 4.90 Å². The van der Waals surface area contributed by atoms with Crippen LogP contribution in [-0.2, 0) is 23.9 Å². The van der Waals surface area contributed by atoms with Gasteiger partial charge in [-0.25, -0.2) is 0 Å². The number of ether oxygens (including phenoxy) is 1. The topological polar surface area (TPSA) is 84.0 Å². The molecule has 2 aliphatic rings. The summed E-state index contributed by atoms with van der Waals surface area (Å²) in [5, 5.41) is 0. The lowest BCUT2D eigenvalue weighted by Gasteiger charge is -2.17. The van der Waals surface area contributed by atoms with Crippen LogP contribution in [0.4, 0.5) is 5.69 Å². The van der Waals surface area contributed by atoms with Gasteiger partial charge in [0.15, 0.2) is 0 Å². The van der Waals surface area contributed by atoms with Crippen molar-refractivity contribution in [3.8, 4) is 0 Å². The summed E-state index contributed by atoms with van der Waals surface area (Å²) < 4.78 is 5.19. The molecule has 0 saturated carbocycles. The number of amides is 3. The number of hydrogen-bond acceptors (Lipinski definition) is 6. The lowest BCUT2D eigenvalue weighted by Crippen LogP contribution is -2.33. The molecule has 0 bridgehead atoms. The van der Waals surface area contributed by atoms with Crippen molar-refractivity contribution in [2.75, 3.05) is 30.9 Å². The fourth-order valence-corrected chi connectivity index (χ4v) is 3.51. The van der Waals surface area contributed by atoms with Gasteiger partial charge in [0.05, 0.1) is 12.5 Å². The van der Waals surface area contributed by atoms with Gasteiger partial charge in [0.1, 0.15) is 6.61 Å². The van der Waals surface area contributed by atoms with Gasteiger partial charge in [-0.2, -0.15) is 0 Å². The number of rotatable bonds is 6. The Morgan fingerprint density at radius 1 is 1.12 bits per heavy atom. The number of imide groups is 1. The van der Waals surface area contributed by atoms with Gasteiger partial charge in [-0.3, -0.25) is 24.1 Å². The summed E-state index contributed by atoms with van der Waals surface area (Å²) in [6.45, 7) is 0.311. The molecule has 2 aliphatic heterocycles. The van der Waals surface area contributed by atoms with Gasteiger partial charge in [-0.05, 0) is 30.5 Å². The monoisotopic (exact) mass is 376 g/mol. The summed E-state index contributed by atoms with van der Waals surface area (Å²) in [4.78, 5) is 51.3. The molecule has 2 fully saturated rings. The van der Waals surface area contributed by atoms with E-state index in [2.05, 4.69) is 0 Å². The van der Waals surface area contributed by atoms with Gasteiger partial charge in [0.25, 0.3) is 0 Å². The van der Waals surface area contributed by atoms with Crippen LogP contribution in [0.3, 0.4) is 0 Å². The van der Waals surface area contributed by atoms with E-state index in [0.717, 1.165) is 15.5 Å². The fourth-order valence-electron chi connectivity index (χ4n) is 3.10. The van der Waals surface area contributed by atoms with E-state index in [1.54, 1.807) is 16.7 Å². The Labute approximate surface area is 155 Å². The number of nitrogens with zero attached hydrogens (tertiary/aromatic N) is 2. The molecule has 0 radical (unpaired) electrons. The highest BCUT2D eigenvalue weighted by Gasteiger charge is 2.36. The quantitative estimate of drug-likeness (QED) is 0.425. The Morgan fingerprint density at radius 3 is 2.38 bits per heavy atom. The lowest BCUT2D eigenvalue weighted by atomic mass is 10.1. The smallest absolute Gasteiger partial charge is 0.311 e. The predicted molar refractivity (Wildman–Crippen MR) is 95.6 cm³/mol. The maximum Gasteiger partial charge on any atom is 0.311 e. The van der Waals surface area contributed by atoms with E-state index in [4.69, 9.17) is 4.74 Å². The molecular formula is C18H20N2O5S. The maximum atomic E-state index is 12.2. The van der Waals surface area contributed by atoms with Gasteiger partial charge in [-0.1, -0.05) is 0 Å². The maximum absolute atomic E-state index is 12.2. The highest BCUT2D eigenvalue weighted by Crippen LogP contribution is 2.27. The van der Waals surface area contributed by atoms with Crippen LogP contribution in [0.1, 0.15) is 19.3 Å². The summed E-state index contributed by atoms with van der Waals surface area (Å²) in [6, 6.07) is 7.59. The SMILES string of the molecule is CSc1ccc(N2CC(C(=O)OCCN3C(=O)CCC3=O)CC2=O)cc1. The second-order valence-electron chi connectivity index (χ2n) is 6.21. The molecule has 0 N–H and O–H groups in total. The fraction of sp³-hybridized carbons (Fsp3) is 0.444. The van der Waals surface area contributed by atoms with Gasteiger partial charge < -0.3 is 9.64 Å². The normalized spacial score (nSPS) is 20.2. The minimum absolute atomic E-state index is 0.0383. The van der Waals surface area contributed by atoms with E-state index < -0.39 is 11.9 Å². The van der Waals surface area contributed by atoms with Crippen LogP contribution >= 0.6 is 11.8 Å². The molecule has 2 saturated heterocycles. The number of thioether (sulfide) groups is 1. The van der Waals surface area contributed by atoms with Crippen molar-refractivity contribution >= 4 is 41.1 Å².